The fourth-order valence-electron chi connectivity index (χ4n) is 4.78. The molecule has 1 aliphatic rings. The number of anilines is 1. The molecule has 4 heterocycles. The van der Waals surface area contributed by atoms with Crippen molar-refractivity contribution in [1.29, 1.82) is 0 Å². The first-order valence-electron chi connectivity index (χ1n) is 12.6. The molecule has 0 radical (unpaired) electrons. The first-order chi connectivity index (χ1) is 20.2. The van der Waals surface area contributed by atoms with Crippen LogP contribution in [-0.4, -0.2) is 93.6 Å². The van der Waals surface area contributed by atoms with E-state index in [2.05, 4.69) is 77.7 Å². The van der Waals surface area contributed by atoms with Crippen LogP contribution in [0.4, 0.5) is 32.3 Å². The number of aromatic hydroxyl groups is 1. The number of esters is 2. The van der Waals surface area contributed by atoms with E-state index in [0.29, 0.717) is 17.6 Å². The Labute approximate surface area is 244 Å². The summed E-state index contributed by atoms with van der Waals surface area (Å²) in [5.41, 5.74) is -2.96. The van der Waals surface area contributed by atoms with E-state index in [1.54, 1.807) is 0 Å². The predicted molar refractivity (Wildman–Crippen MR) is 136 cm³/mol. The predicted octanol–water partition coefficient (Wildman–Crippen LogP) is 3.22. The third-order valence-electron chi connectivity index (χ3n) is 6.98. The second kappa shape index (κ2) is 11.1. The van der Waals surface area contributed by atoms with E-state index in [9.17, 15) is 41.0 Å². The van der Waals surface area contributed by atoms with E-state index in [0.717, 1.165) is 18.6 Å². The van der Waals surface area contributed by atoms with Crippen molar-refractivity contribution in [1.82, 2.24) is 40.1 Å². The second-order valence-electron chi connectivity index (χ2n) is 11.0. The summed E-state index contributed by atoms with van der Waals surface area (Å²) in [7, 11) is 2.01. The molecule has 0 unspecified atom stereocenters. The van der Waals surface area contributed by atoms with Gasteiger partial charge in [-0.05, 0) is 47.6 Å². The molecule has 1 aliphatic heterocycles. The van der Waals surface area contributed by atoms with E-state index in [-0.39, 0.29) is 23.1 Å². The summed E-state index contributed by atoms with van der Waals surface area (Å²) < 4.78 is 87.1. The van der Waals surface area contributed by atoms with Crippen molar-refractivity contribution in [2.24, 2.45) is 0 Å². The Kier molecular flexibility index (Phi) is 8.18. The zero-order valence-electron chi connectivity index (χ0n) is 23.6. The van der Waals surface area contributed by atoms with Crippen LogP contribution in [0, 0.1) is 0 Å². The summed E-state index contributed by atoms with van der Waals surface area (Å²) in [5, 5.41) is 28.8. The monoisotopic (exact) mass is 633 g/mol. The van der Waals surface area contributed by atoms with Crippen LogP contribution in [0.2, 0.25) is 0 Å². The largest absolute Gasteiger partial charge is 0.503 e. The van der Waals surface area contributed by atoms with Gasteiger partial charge >= 0.3 is 24.3 Å². The van der Waals surface area contributed by atoms with Gasteiger partial charge in [0.05, 0.1) is 18.6 Å². The van der Waals surface area contributed by atoms with Gasteiger partial charge in [-0.2, -0.15) is 36.5 Å². The third-order valence-corrected chi connectivity index (χ3v) is 6.98. The third kappa shape index (κ3) is 6.63. The lowest BCUT2D eigenvalue weighted by Crippen LogP contribution is -2.61. The van der Waals surface area contributed by atoms with Crippen molar-refractivity contribution in [3.05, 3.63) is 18.6 Å². The number of nitrogens with one attached hydrogen (secondary N) is 1. The van der Waals surface area contributed by atoms with Gasteiger partial charge in [-0.15, -0.1) is 15.0 Å². The lowest BCUT2D eigenvalue weighted by atomic mass is 9.77. The van der Waals surface area contributed by atoms with Gasteiger partial charge in [0.2, 0.25) is 11.7 Å². The second-order valence-corrected chi connectivity index (χ2v) is 11.0. The zero-order valence-corrected chi connectivity index (χ0v) is 23.6. The number of likely N-dealkylation sites (tertiary alicyclic amines) is 1. The van der Waals surface area contributed by atoms with E-state index >= 15 is 0 Å². The van der Waals surface area contributed by atoms with Crippen LogP contribution in [0.1, 0.15) is 40.5 Å². The van der Waals surface area contributed by atoms with Crippen molar-refractivity contribution in [2.45, 2.75) is 70.0 Å². The van der Waals surface area contributed by atoms with Crippen LogP contribution in [0.25, 0.3) is 17.1 Å². The van der Waals surface area contributed by atoms with E-state index in [1.807, 2.05) is 7.05 Å². The van der Waals surface area contributed by atoms with Gasteiger partial charge in [-0.25, -0.2) is 19.6 Å². The maximum atomic E-state index is 13.1. The highest BCUT2D eigenvalue weighted by molar-refractivity contribution is 5.84. The number of hydrogen-bond acceptors (Lipinski definition) is 13. The minimum Gasteiger partial charge on any atom is -0.503 e. The Morgan fingerprint density at radius 1 is 0.955 bits per heavy atom. The molecule has 0 amide bonds. The van der Waals surface area contributed by atoms with Crippen molar-refractivity contribution < 1.29 is 50.5 Å². The van der Waals surface area contributed by atoms with Gasteiger partial charge in [-0.1, -0.05) is 0 Å². The molecule has 0 aromatic carbocycles. The fourth-order valence-corrected chi connectivity index (χ4v) is 4.78. The van der Waals surface area contributed by atoms with Gasteiger partial charge in [0.25, 0.3) is 5.88 Å². The number of carbonyl (C=O) groups excluding carboxylic acids is 2. The molecule has 4 rings (SSSR count). The summed E-state index contributed by atoms with van der Waals surface area (Å²) in [6, 6.07) is -0.113. The molecule has 0 aliphatic carbocycles. The highest BCUT2D eigenvalue weighted by Gasteiger charge is 2.46. The van der Waals surface area contributed by atoms with Crippen molar-refractivity contribution in [2.75, 3.05) is 12.4 Å². The Hall–Kier alpha value is -4.62. The summed E-state index contributed by atoms with van der Waals surface area (Å²) in [4.78, 5) is 33.7. The lowest BCUT2D eigenvalue weighted by Gasteiger charge is -2.53. The number of rotatable bonds is 6. The van der Waals surface area contributed by atoms with Gasteiger partial charge in [0.15, 0.2) is 11.4 Å². The number of alkyl halides is 6. The van der Waals surface area contributed by atoms with E-state index in [1.165, 1.54) is 0 Å². The van der Waals surface area contributed by atoms with Crippen molar-refractivity contribution in [3.8, 4) is 34.5 Å². The Morgan fingerprint density at radius 3 is 2.00 bits per heavy atom. The number of carbonyl (C=O) groups is 2. The van der Waals surface area contributed by atoms with Crippen molar-refractivity contribution >= 4 is 17.9 Å². The van der Waals surface area contributed by atoms with Crippen LogP contribution >= 0.6 is 0 Å². The number of ether oxygens (including phenoxy) is 2. The Bertz CT molecular complexity index is 1530. The van der Waals surface area contributed by atoms with Crippen LogP contribution < -0.4 is 14.8 Å². The van der Waals surface area contributed by atoms with Crippen LogP contribution in [0.3, 0.4) is 0 Å². The topological polar surface area (TPSA) is 170 Å². The minimum absolute atomic E-state index is 0.0131. The highest BCUT2D eigenvalue weighted by atomic mass is 19.4. The van der Waals surface area contributed by atoms with Crippen LogP contribution in [-0.2, 0) is 9.59 Å². The average molecular weight is 634 g/mol. The van der Waals surface area contributed by atoms with E-state index < -0.39 is 58.7 Å². The maximum Gasteiger partial charge on any atom is 0.491 e. The smallest absolute Gasteiger partial charge is 0.491 e. The molecule has 0 saturated carbocycles. The maximum absolute atomic E-state index is 13.1. The first kappa shape index (κ1) is 32.3. The fraction of sp³-hybridized carbons (Fsp3) is 0.500. The molecule has 20 heteroatoms. The summed E-state index contributed by atoms with van der Waals surface area (Å²) >= 11 is 0. The zero-order chi connectivity index (χ0) is 32.8. The van der Waals surface area contributed by atoms with Crippen LogP contribution in [0.15, 0.2) is 18.6 Å². The highest BCUT2D eigenvalue weighted by Crippen LogP contribution is 2.45. The summed E-state index contributed by atoms with van der Waals surface area (Å²) in [5.74, 6) is -9.90. The molecule has 0 bridgehead atoms. The Balaban J connectivity index is 1.78. The molecule has 3 aromatic rings. The summed E-state index contributed by atoms with van der Waals surface area (Å²) in [6.07, 6.45) is -7.04. The number of aromatic nitrogens is 7. The molecular formula is C24H25F6N9O5. The van der Waals surface area contributed by atoms with Crippen molar-refractivity contribution in [3.63, 3.8) is 0 Å². The summed E-state index contributed by atoms with van der Waals surface area (Å²) in [6.45, 7) is 8.25. The number of piperidine rings is 1. The lowest BCUT2D eigenvalue weighted by molar-refractivity contribution is -0.190. The van der Waals surface area contributed by atoms with E-state index in [4.69, 9.17) is 0 Å². The van der Waals surface area contributed by atoms with Gasteiger partial charge < -0.3 is 19.9 Å². The van der Waals surface area contributed by atoms with Crippen LogP contribution in [0.5, 0.6) is 17.4 Å². The molecular weight excluding hydrogens is 608 g/mol. The normalized spacial score (nSPS) is 17.2. The molecule has 14 nitrogen and oxygen atoms in total. The van der Waals surface area contributed by atoms with Gasteiger partial charge in [0, 0.05) is 17.1 Å². The molecule has 44 heavy (non-hydrogen) atoms. The molecule has 238 valence electrons. The number of halogens is 6. The molecule has 3 aromatic heterocycles. The molecule has 0 atom stereocenters. The quantitative estimate of drug-likeness (QED) is 0.300. The molecule has 0 spiro atoms. The van der Waals surface area contributed by atoms with Gasteiger partial charge in [0.1, 0.15) is 11.4 Å². The molecule has 2 N–H and O–H groups in total. The first-order valence-corrected chi connectivity index (χ1v) is 12.6. The SMILES string of the molecule is CN1C(C)(C)CC(Nc2ncc(-c3nc(OC(=O)C(F)(F)F)c(-n4nccn4)c(OC(=O)C(F)(F)F)c3O)nn2)CC1(C)C. The molecule has 1 fully saturated rings. The number of nitrogens with zero attached hydrogens (tertiary/aromatic N) is 8. The number of hydrogen-bond donors (Lipinski definition) is 2. The molecule has 1 saturated heterocycles. The Morgan fingerprint density at radius 2 is 1.50 bits per heavy atom. The minimum atomic E-state index is -5.63. The standard InChI is InChI=1S/C24H25F6N9O5/c1-21(2)8-11(9-22(3,4)38(21)5)34-20-31-10-12(36-37-20)13-15(40)16(43-18(41)23(25,26)27)14(39-32-6-7-33-39)17(35-13)44-19(42)24(28,29)30/h6-7,10-11,40H,8-9H2,1-5H3,(H,31,34,37). The van der Waals surface area contributed by atoms with Gasteiger partial charge in [-0.3, -0.25) is 4.90 Å². The average Bonchev–Trinajstić information content (AvgIpc) is 3.42. The number of pyridine rings is 1.